The van der Waals surface area contributed by atoms with Crippen LogP contribution in [-0.4, -0.2) is 40.3 Å². The molecule has 0 saturated carbocycles. The molecule has 3 rings (SSSR count). The second kappa shape index (κ2) is 3.82. The molecule has 1 saturated heterocycles. The molecule has 94 valence electrons. The monoisotopic (exact) mass is 235 g/mol. The predicted molar refractivity (Wildman–Crippen MR) is 65.9 cm³/mol. The number of fused-ring (bicyclic) bond motifs is 1. The van der Waals surface area contributed by atoms with Gasteiger partial charge in [-0.25, -0.2) is 4.98 Å². The molecule has 0 atom stereocenters. The molecule has 1 fully saturated rings. The molecule has 0 N–H and O–H groups in total. The standard InChI is InChI=1S/C13H21N3O/c1-13(2,3)11-6-16-5-4-15(7-12(16)14-11)10-8-17-9-10/h6,10H,4-5,7-9H2,1-3H3. The summed E-state index contributed by atoms with van der Waals surface area (Å²) >= 11 is 0. The first-order valence-electron chi connectivity index (χ1n) is 6.42. The van der Waals surface area contributed by atoms with Crippen LogP contribution in [0.1, 0.15) is 32.3 Å². The molecule has 1 aromatic heterocycles. The molecule has 4 heteroatoms. The molecule has 2 aliphatic rings. The van der Waals surface area contributed by atoms with E-state index in [0.29, 0.717) is 6.04 Å². The normalized spacial score (nSPS) is 22.3. The topological polar surface area (TPSA) is 30.3 Å². The maximum absolute atomic E-state index is 5.27. The molecule has 0 bridgehead atoms. The minimum Gasteiger partial charge on any atom is -0.378 e. The van der Waals surface area contributed by atoms with E-state index in [4.69, 9.17) is 9.72 Å². The van der Waals surface area contributed by atoms with Crippen LogP contribution >= 0.6 is 0 Å². The first-order valence-corrected chi connectivity index (χ1v) is 6.42. The summed E-state index contributed by atoms with van der Waals surface area (Å²) in [6.45, 7) is 11.6. The van der Waals surface area contributed by atoms with Gasteiger partial charge in [-0.3, -0.25) is 4.90 Å². The zero-order valence-electron chi connectivity index (χ0n) is 10.9. The molecule has 0 amide bonds. The summed E-state index contributed by atoms with van der Waals surface area (Å²) < 4.78 is 7.58. The van der Waals surface area contributed by atoms with Crippen molar-refractivity contribution in [1.29, 1.82) is 0 Å². The Morgan fingerprint density at radius 3 is 2.65 bits per heavy atom. The maximum Gasteiger partial charge on any atom is 0.123 e. The minimum atomic E-state index is 0.148. The van der Waals surface area contributed by atoms with Crippen LogP contribution in [0.5, 0.6) is 0 Å². The number of rotatable bonds is 1. The zero-order valence-corrected chi connectivity index (χ0v) is 10.9. The van der Waals surface area contributed by atoms with Crippen molar-refractivity contribution in [2.75, 3.05) is 19.8 Å². The minimum absolute atomic E-state index is 0.148. The summed E-state index contributed by atoms with van der Waals surface area (Å²) in [6.07, 6.45) is 2.23. The van der Waals surface area contributed by atoms with Gasteiger partial charge in [-0.1, -0.05) is 20.8 Å². The molecule has 17 heavy (non-hydrogen) atoms. The number of ether oxygens (including phenoxy) is 1. The van der Waals surface area contributed by atoms with E-state index in [1.165, 1.54) is 11.5 Å². The van der Waals surface area contributed by atoms with Gasteiger partial charge in [0.15, 0.2) is 0 Å². The molecular formula is C13H21N3O. The van der Waals surface area contributed by atoms with Crippen LogP contribution in [0.2, 0.25) is 0 Å². The summed E-state index contributed by atoms with van der Waals surface area (Å²) in [5.74, 6) is 1.22. The van der Waals surface area contributed by atoms with Gasteiger partial charge in [0.1, 0.15) is 5.82 Å². The average Bonchev–Trinajstić information content (AvgIpc) is 2.57. The van der Waals surface area contributed by atoms with Crippen LogP contribution in [0.3, 0.4) is 0 Å². The number of hydrogen-bond acceptors (Lipinski definition) is 3. The third-order valence-electron chi connectivity index (χ3n) is 3.74. The Morgan fingerprint density at radius 1 is 1.29 bits per heavy atom. The summed E-state index contributed by atoms with van der Waals surface area (Å²) in [7, 11) is 0. The van der Waals surface area contributed by atoms with Crippen molar-refractivity contribution in [3.8, 4) is 0 Å². The second-order valence-corrected chi connectivity index (χ2v) is 6.15. The lowest BCUT2D eigenvalue weighted by atomic mass is 9.93. The number of imidazole rings is 1. The van der Waals surface area contributed by atoms with Crippen molar-refractivity contribution < 1.29 is 4.74 Å². The highest BCUT2D eigenvalue weighted by Crippen LogP contribution is 2.24. The van der Waals surface area contributed by atoms with E-state index in [-0.39, 0.29) is 5.41 Å². The summed E-state index contributed by atoms with van der Waals surface area (Å²) in [5, 5.41) is 0. The Bertz CT molecular complexity index is 415. The highest BCUT2D eigenvalue weighted by molar-refractivity contribution is 5.14. The SMILES string of the molecule is CC(C)(C)c1cn2c(n1)CN(C1COC1)CC2. The van der Waals surface area contributed by atoms with Gasteiger partial charge >= 0.3 is 0 Å². The Morgan fingerprint density at radius 2 is 2.06 bits per heavy atom. The van der Waals surface area contributed by atoms with Gasteiger partial charge in [0.05, 0.1) is 31.5 Å². The fraction of sp³-hybridized carbons (Fsp3) is 0.769. The quantitative estimate of drug-likeness (QED) is 0.737. The fourth-order valence-corrected chi connectivity index (χ4v) is 2.38. The Labute approximate surface area is 103 Å². The van der Waals surface area contributed by atoms with Gasteiger partial charge in [0, 0.05) is 24.7 Å². The molecular weight excluding hydrogens is 214 g/mol. The third kappa shape index (κ3) is 2.00. The number of aromatic nitrogens is 2. The summed E-state index contributed by atoms with van der Waals surface area (Å²) in [5.41, 5.74) is 1.36. The predicted octanol–water partition coefficient (Wildman–Crippen LogP) is 1.40. The van der Waals surface area contributed by atoms with Crippen molar-refractivity contribution in [2.45, 2.75) is 45.3 Å². The van der Waals surface area contributed by atoms with Crippen LogP contribution in [0.25, 0.3) is 0 Å². The lowest BCUT2D eigenvalue weighted by Crippen LogP contribution is -2.51. The van der Waals surface area contributed by atoms with E-state index in [9.17, 15) is 0 Å². The largest absolute Gasteiger partial charge is 0.378 e. The van der Waals surface area contributed by atoms with Gasteiger partial charge in [-0.2, -0.15) is 0 Å². The van der Waals surface area contributed by atoms with E-state index < -0.39 is 0 Å². The lowest BCUT2D eigenvalue weighted by molar-refractivity contribution is -0.0734. The van der Waals surface area contributed by atoms with E-state index >= 15 is 0 Å². The molecule has 3 heterocycles. The number of hydrogen-bond donors (Lipinski definition) is 0. The molecule has 0 aliphatic carbocycles. The molecule has 0 unspecified atom stereocenters. The van der Waals surface area contributed by atoms with Crippen LogP contribution < -0.4 is 0 Å². The summed E-state index contributed by atoms with van der Waals surface area (Å²) in [6, 6.07) is 0.624. The smallest absolute Gasteiger partial charge is 0.123 e. The molecule has 2 aliphatic heterocycles. The van der Waals surface area contributed by atoms with Gasteiger partial charge in [-0.15, -0.1) is 0 Å². The van der Waals surface area contributed by atoms with Crippen molar-refractivity contribution in [3.63, 3.8) is 0 Å². The Balaban J connectivity index is 1.80. The van der Waals surface area contributed by atoms with Gasteiger partial charge in [0.25, 0.3) is 0 Å². The number of nitrogens with zero attached hydrogens (tertiary/aromatic N) is 3. The van der Waals surface area contributed by atoms with E-state index in [1.807, 2.05) is 0 Å². The molecule has 4 nitrogen and oxygen atoms in total. The maximum atomic E-state index is 5.27. The molecule has 0 aromatic carbocycles. The van der Waals surface area contributed by atoms with Crippen molar-refractivity contribution >= 4 is 0 Å². The zero-order chi connectivity index (χ0) is 12.0. The highest BCUT2D eigenvalue weighted by Gasteiger charge is 2.30. The van der Waals surface area contributed by atoms with E-state index in [2.05, 4.69) is 36.4 Å². The second-order valence-electron chi connectivity index (χ2n) is 6.15. The fourth-order valence-electron chi connectivity index (χ4n) is 2.38. The van der Waals surface area contributed by atoms with Crippen molar-refractivity contribution in [3.05, 3.63) is 17.7 Å². The van der Waals surface area contributed by atoms with Crippen molar-refractivity contribution in [2.24, 2.45) is 0 Å². The lowest BCUT2D eigenvalue weighted by Gasteiger charge is -2.39. The van der Waals surface area contributed by atoms with Crippen LogP contribution in [0.15, 0.2) is 6.20 Å². The molecule has 0 spiro atoms. The molecule has 1 aromatic rings. The van der Waals surface area contributed by atoms with Crippen LogP contribution in [0, 0.1) is 0 Å². The van der Waals surface area contributed by atoms with Crippen LogP contribution in [0.4, 0.5) is 0 Å². The van der Waals surface area contributed by atoms with Crippen molar-refractivity contribution in [1.82, 2.24) is 14.5 Å². The summed E-state index contributed by atoms with van der Waals surface area (Å²) in [4.78, 5) is 7.29. The van der Waals surface area contributed by atoms with Gasteiger partial charge < -0.3 is 9.30 Å². The third-order valence-corrected chi connectivity index (χ3v) is 3.74. The highest BCUT2D eigenvalue weighted by atomic mass is 16.5. The first-order chi connectivity index (χ1) is 8.04. The Kier molecular flexibility index (Phi) is 2.52. The van der Waals surface area contributed by atoms with Crippen LogP contribution in [-0.2, 0) is 23.2 Å². The van der Waals surface area contributed by atoms with Gasteiger partial charge in [0.2, 0.25) is 0 Å². The first kappa shape index (κ1) is 11.2. The molecule has 0 radical (unpaired) electrons. The van der Waals surface area contributed by atoms with Gasteiger partial charge in [-0.05, 0) is 0 Å². The van der Waals surface area contributed by atoms with E-state index in [0.717, 1.165) is 32.8 Å². The average molecular weight is 235 g/mol. The van der Waals surface area contributed by atoms with E-state index in [1.54, 1.807) is 0 Å². The Hall–Kier alpha value is -0.870.